The molecular weight excluding hydrogens is 274 g/mol. The number of amides is 1. The van der Waals surface area contributed by atoms with Gasteiger partial charge in [-0.2, -0.15) is 0 Å². The molecule has 108 valence electrons. The van der Waals surface area contributed by atoms with E-state index in [9.17, 15) is 4.79 Å². The van der Waals surface area contributed by atoms with Crippen molar-refractivity contribution in [3.05, 3.63) is 24.3 Å². The Kier molecular flexibility index (Phi) is 4.57. The Labute approximate surface area is 122 Å². The number of aliphatic hydroxyl groups is 1. The van der Waals surface area contributed by atoms with Gasteiger partial charge in [-0.1, -0.05) is 23.5 Å². The molecule has 2 rings (SSSR count). The smallest absolute Gasteiger partial charge is 0.222 e. The molecule has 1 aromatic carbocycles. The van der Waals surface area contributed by atoms with Gasteiger partial charge in [0.25, 0.3) is 0 Å². The fourth-order valence-electron chi connectivity index (χ4n) is 1.71. The van der Waals surface area contributed by atoms with Crippen molar-refractivity contribution in [1.29, 1.82) is 0 Å². The number of fused-ring (bicyclic) bond motifs is 1. The number of benzene rings is 1. The number of aromatic nitrogens is 1. The molecule has 0 aliphatic carbocycles. The van der Waals surface area contributed by atoms with E-state index in [-0.39, 0.29) is 12.5 Å². The number of thiazole rings is 1. The van der Waals surface area contributed by atoms with E-state index < -0.39 is 5.54 Å². The van der Waals surface area contributed by atoms with Crippen LogP contribution in [0.1, 0.15) is 20.3 Å². The second-order valence-electron chi connectivity index (χ2n) is 5.25. The molecule has 0 radical (unpaired) electrons. The van der Waals surface area contributed by atoms with Gasteiger partial charge < -0.3 is 15.7 Å². The van der Waals surface area contributed by atoms with E-state index in [0.29, 0.717) is 13.0 Å². The summed E-state index contributed by atoms with van der Waals surface area (Å²) in [5.74, 6) is -0.0855. The van der Waals surface area contributed by atoms with Crippen LogP contribution in [-0.2, 0) is 4.79 Å². The maximum absolute atomic E-state index is 11.7. The fraction of sp³-hybridized carbons (Fsp3) is 0.429. The highest BCUT2D eigenvalue weighted by Crippen LogP contribution is 2.25. The largest absolute Gasteiger partial charge is 0.394 e. The lowest BCUT2D eigenvalue weighted by molar-refractivity contribution is -0.122. The van der Waals surface area contributed by atoms with E-state index in [4.69, 9.17) is 5.11 Å². The molecule has 0 atom stereocenters. The Balaban J connectivity index is 1.82. The van der Waals surface area contributed by atoms with E-state index in [1.54, 1.807) is 25.2 Å². The second-order valence-corrected chi connectivity index (χ2v) is 6.28. The Morgan fingerprint density at radius 2 is 2.15 bits per heavy atom. The van der Waals surface area contributed by atoms with E-state index in [0.717, 1.165) is 15.3 Å². The van der Waals surface area contributed by atoms with Gasteiger partial charge in [0.2, 0.25) is 5.91 Å². The number of para-hydroxylation sites is 1. The molecule has 1 aromatic heterocycles. The van der Waals surface area contributed by atoms with Gasteiger partial charge >= 0.3 is 0 Å². The highest BCUT2D eigenvalue weighted by atomic mass is 32.1. The first kappa shape index (κ1) is 14.7. The summed E-state index contributed by atoms with van der Waals surface area (Å²) in [6.07, 6.45) is 0.347. The summed E-state index contributed by atoms with van der Waals surface area (Å²) >= 11 is 1.57. The van der Waals surface area contributed by atoms with Crippen LogP contribution in [-0.4, -0.2) is 34.7 Å². The van der Waals surface area contributed by atoms with Crippen molar-refractivity contribution in [2.24, 2.45) is 0 Å². The minimum absolute atomic E-state index is 0.0793. The molecule has 0 aliphatic heterocycles. The number of rotatable bonds is 6. The van der Waals surface area contributed by atoms with Crippen LogP contribution < -0.4 is 10.6 Å². The third kappa shape index (κ3) is 3.91. The predicted molar refractivity (Wildman–Crippen MR) is 82.0 cm³/mol. The Morgan fingerprint density at radius 3 is 2.85 bits per heavy atom. The third-order valence-corrected chi connectivity index (χ3v) is 3.79. The van der Waals surface area contributed by atoms with Crippen molar-refractivity contribution >= 4 is 32.6 Å². The van der Waals surface area contributed by atoms with Gasteiger partial charge in [-0.3, -0.25) is 4.79 Å². The number of carbonyl (C=O) groups excluding carboxylic acids is 1. The van der Waals surface area contributed by atoms with Gasteiger partial charge in [0.15, 0.2) is 5.13 Å². The lowest BCUT2D eigenvalue weighted by atomic mass is 10.1. The highest BCUT2D eigenvalue weighted by Gasteiger charge is 2.18. The number of nitrogens with zero attached hydrogens (tertiary/aromatic N) is 1. The molecule has 1 amide bonds. The highest BCUT2D eigenvalue weighted by molar-refractivity contribution is 7.22. The average molecular weight is 293 g/mol. The molecule has 20 heavy (non-hydrogen) atoms. The lowest BCUT2D eigenvalue weighted by Gasteiger charge is -2.23. The maximum atomic E-state index is 11.7. The van der Waals surface area contributed by atoms with Crippen LogP contribution >= 0.6 is 11.3 Å². The fourth-order valence-corrected chi connectivity index (χ4v) is 2.60. The minimum Gasteiger partial charge on any atom is -0.394 e. The van der Waals surface area contributed by atoms with Gasteiger partial charge in [0.05, 0.1) is 22.4 Å². The molecule has 0 saturated heterocycles. The Morgan fingerprint density at radius 1 is 1.40 bits per heavy atom. The molecule has 2 aromatic rings. The summed E-state index contributed by atoms with van der Waals surface area (Å²) in [7, 11) is 0. The van der Waals surface area contributed by atoms with Crippen LogP contribution in [0, 0.1) is 0 Å². The number of carbonyl (C=O) groups is 1. The second kappa shape index (κ2) is 6.19. The van der Waals surface area contributed by atoms with Gasteiger partial charge in [-0.25, -0.2) is 4.98 Å². The van der Waals surface area contributed by atoms with Crippen molar-refractivity contribution in [3.63, 3.8) is 0 Å². The summed E-state index contributed by atoms with van der Waals surface area (Å²) in [6.45, 7) is 4.01. The van der Waals surface area contributed by atoms with Crippen LogP contribution in [0.25, 0.3) is 10.2 Å². The van der Waals surface area contributed by atoms with Gasteiger partial charge in [-0.05, 0) is 26.0 Å². The Hall–Kier alpha value is -1.66. The maximum Gasteiger partial charge on any atom is 0.222 e. The Bertz CT molecular complexity index is 562. The first-order chi connectivity index (χ1) is 9.50. The first-order valence-corrected chi connectivity index (χ1v) is 7.33. The number of hydrogen-bond donors (Lipinski definition) is 3. The molecule has 5 nitrogen and oxygen atoms in total. The summed E-state index contributed by atoms with van der Waals surface area (Å²) < 4.78 is 1.13. The van der Waals surface area contributed by atoms with E-state index in [1.165, 1.54) is 0 Å². The summed E-state index contributed by atoms with van der Waals surface area (Å²) in [5.41, 5.74) is 0.387. The SMILES string of the molecule is CC(C)(CO)NC(=O)CCNc1nc2ccccc2s1. The van der Waals surface area contributed by atoms with Crippen LogP contribution in [0.15, 0.2) is 24.3 Å². The summed E-state index contributed by atoms with van der Waals surface area (Å²) in [6, 6.07) is 7.92. The molecular formula is C14H19N3O2S. The third-order valence-electron chi connectivity index (χ3n) is 2.80. The molecule has 0 aliphatic rings. The van der Waals surface area contributed by atoms with E-state index in [2.05, 4.69) is 15.6 Å². The topological polar surface area (TPSA) is 74.2 Å². The van der Waals surface area contributed by atoms with Crippen LogP contribution in [0.2, 0.25) is 0 Å². The summed E-state index contributed by atoms with van der Waals surface area (Å²) in [4.78, 5) is 16.1. The first-order valence-electron chi connectivity index (χ1n) is 6.51. The standard InChI is InChI=1S/C14H19N3O2S/c1-14(2,9-18)17-12(19)7-8-15-13-16-10-5-3-4-6-11(10)20-13/h3-6,18H,7-9H2,1-2H3,(H,15,16)(H,17,19). The number of anilines is 1. The molecule has 0 fully saturated rings. The van der Waals surface area contributed by atoms with Crippen molar-refractivity contribution in [2.75, 3.05) is 18.5 Å². The molecule has 6 heteroatoms. The molecule has 0 saturated carbocycles. The number of nitrogens with one attached hydrogen (secondary N) is 2. The molecule has 1 heterocycles. The molecule has 0 spiro atoms. The number of hydrogen-bond acceptors (Lipinski definition) is 5. The lowest BCUT2D eigenvalue weighted by Crippen LogP contribution is -2.46. The van der Waals surface area contributed by atoms with Crippen molar-refractivity contribution < 1.29 is 9.90 Å². The quantitative estimate of drug-likeness (QED) is 0.761. The van der Waals surface area contributed by atoms with Crippen molar-refractivity contribution in [2.45, 2.75) is 25.8 Å². The monoisotopic (exact) mass is 293 g/mol. The zero-order valence-electron chi connectivity index (χ0n) is 11.6. The van der Waals surface area contributed by atoms with E-state index >= 15 is 0 Å². The van der Waals surface area contributed by atoms with Gasteiger partial charge in [0, 0.05) is 13.0 Å². The van der Waals surface area contributed by atoms with Crippen molar-refractivity contribution in [1.82, 2.24) is 10.3 Å². The summed E-state index contributed by atoms with van der Waals surface area (Å²) in [5, 5.41) is 15.8. The predicted octanol–water partition coefficient (Wildman–Crippen LogP) is 1.99. The minimum atomic E-state index is -0.576. The van der Waals surface area contributed by atoms with Gasteiger partial charge in [-0.15, -0.1) is 0 Å². The van der Waals surface area contributed by atoms with Crippen LogP contribution in [0.3, 0.4) is 0 Å². The normalized spacial score (nSPS) is 11.6. The van der Waals surface area contributed by atoms with E-state index in [1.807, 2.05) is 24.3 Å². The average Bonchev–Trinajstić information content (AvgIpc) is 2.80. The zero-order valence-corrected chi connectivity index (χ0v) is 12.5. The number of aliphatic hydroxyl groups excluding tert-OH is 1. The van der Waals surface area contributed by atoms with Gasteiger partial charge in [0.1, 0.15) is 0 Å². The zero-order chi connectivity index (χ0) is 14.6. The molecule has 0 bridgehead atoms. The van der Waals surface area contributed by atoms with Crippen molar-refractivity contribution in [3.8, 4) is 0 Å². The van der Waals surface area contributed by atoms with Crippen LogP contribution in [0.5, 0.6) is 0 Å². The molecule has 0 unspecified atom stereocenters. The van der Waals surface area contributed by atoms with Crippen LogP contribution in [0.4, 0.5) is 5.13 Å². The molecule has 3 N–H and O–H groups in total.